The predicted octanol–water partition coefficient (Wildman–Crippen LogP) is 2.90. The molecule has 0 saturated carbocycles. The molecule has 0 fully saturated rings. The molecule has 2 N–H and O–H groups in total. The summed E-state index contributed by atoms with van der Waals surface area (Å²) in [5.74, 6) is 6.19. The van der Waals surface area contributed by atoms with Crippen LogP contribution in [0.25, 0.3) is 0 Å². The SMILES string of the molecule is CN1C(=O)[C@@H](NC(=O)c2n[nH]c(Cc3ccccc3)n2)CCc2ccc(C#Cc3ccncc3)cc21. The molecule has 1 aliphatic rings. The molecule has 0 bridgehead atoms. The Morgan fingerprint density at radius 2 is 1.86 bits per heavy atom. The second-order valence-corrected chi connectivity index (χ2v) is 8.56. The van der Waals surface area contributed by atoms with E-state index in [1.807, 2.05) is 60.7 Å². The molecule has 8 nitrogen and oxygen atoms in total. The highest BCUT2D eigenvalue weighted by atomic mass is 16.2. The van der Waals surface area contributed by atoms with Gasteiger partial charge in [-0.05, 0) is 48.2 Å². The number of aryl methyl sites for hydroxylation is 1. The minimum atomic E-state index is -0.683. The molecule has 2 aromatic heterocycles. The Hall–Kier alpha value is -4.77. The van der Waals surface area contributed by atoms with Crippen molar-refractivity contribution in [2.75, 3.05) is 11.9 Å². The van der Waals surface area contributed by atoms with Crippen molar-refractivity contribution in [3.8, 4) is 11.8 Å². The Morgan fingerprint density at radius 1 is 1.08 bits per heavy atom. The number of anilines is 1. The van der Waals surface area contributed by atoms with Gasteiger partial charge in [-0.25, -0.2) is 4.98 Å². The molecule has 2 aromatic carbocycles. The van der Waals surface area contributed by atoms with Crippen molar-refractivity contribution in [1.82, 2.24) is 25.5 Å². The van der Waals surface area contributed by atoms with Crippen molar-refractivity contribution in [3.63, 3.8) is 0 Å². The van der Waals surface area contributed by atoms with Gasteiger partial charge in [-0.2, -0.15) is 0 Å². The zero-order valence-electron chi connectivity index (χ0n) is 19.7. The van der Waals surface area contributed by atoms with E-state index in [-0.39, 0.29) is 11.7 Å². The van der Waals surface area contributed by atoms with E-state index in [4.69, 9.17) is 0 Å². The van der Waals surface area contributed by atoms with Gasteiger partial charge in [0.05, 0.1) is 0 Å². The number of nitrogens with one attached hydrogen (secondary N) is 2. The normalized spacial score (nSPS) is 14.9. The van der Waals surface area contributed by atoms with Crippen LogP contribution in [0.5, 0.6) is 0 Å². The first-order chi connectivity index (χ1) is 17.6. The third-order valence-electron chi connectivity index (χ3n) is 6.06. The maximum atomic E-state index is 13.2. The van der Waals surface area contributed by atoms with E-state index in [1.54, 1.807) is 24.3 Å². The zero-order valence-corrected chi connectivity index (χ0v) is 19.7. The molecule has 8 heteroatoms. The van der Waals surface area contributed by atoms with Gasteiger partial charge in [-0.15, -0.1) is 5.10 Å². The van der Waals surface area contributed by atoms with E-state index in [2.05, 4.69) is 37.3 Å². The minimum absolute atomic E-state index is 0.0202. The summed E-state index contributed by atoms with van der Waals surface area (Å²) < 4.78 is 0. The number of nitrogens with zero attached hydrogens (tertiary/aromatic N) is 4. The molecule has 2 amide bonds. The summed E-state index contributed by atoms with van der Waals surface area (Å²) in [4.78, 5) is 36.0. The Labute approximate surface area is 208 Å². The second-order valence-electron chi connectivity index (χ2n) is 8.56. The van der Waals surface area contributed by atoms with E-state index >= 15 is 0 Å². The van der Waals surface area contributed by atoms with Crippen LogP contribution in [0, 0.1) is 11.8 Å². The molecule has 0 aliphatic carbocycles. The number of H-pyrrole nitrogens is 1. The Balaban J connectivity index is 1.28. The van der Waals surface area contributed by atoms with E-state index in [0.29, 0.717) is 25.1 Å². The predicted molar refractivity (Wildman–Crippen MR) is 135 cm³/mol. The van der Waals surface area contributed by atoms with Crippen LogP contribution in [0.2, 0.25) is 0 Å². The lowest BCUT2D eigenvalue weighted by Crippen LogP contribution is -2.47. The zero-order chi connectivity index (χ0) is 24.9. The third kappa shape index (κ3) is 5.15. The number of benzene rings is 2. The van der Waals surface area contributed by atoms with Gasteiger partial charge >= 0.3 is 0 Å². The molecule has 5 rings (SSSR count). The van der Waals surface area contributed by atoms with Gasteiger partial charge in [0, 0.05) is 42.7 Å². The number of aromatic nitrogens is 4. The lowest BCUT2D eigenvalue weighted by molar-refractivity contribution is -0.120. The highest BCUT2D eigenvalue weighted by Crippen LogP contribution is 2.27. The fraction of sp³-hybridized carbons (Fsp3) is 0.179. The summed E-state index contributed by atoms with van der Waals surface area (Å²) in [6.07, 6.45) is 5.05. The molecule has 3 heterocycles. The quantitative estimate of drug-likeness (QED) is 0.441. The Bertz CT molecular complexity index is 1450. The Morgan fingerprint density at radius 3 is 2.67 bits per heavy atom. The molecule has 1 atom stereocenters. The third-order valence-corrected chi connectivity index (χ3v) is 6.06. The summed E-state index contributed by atoms with van der Waals surface area (Å²) in [7, 11) is 1.72. The molecule has 1 aliphatic heterocycles. The number of likely N-dealkylation sites (N-methyl/N-ethyl adjacent to an activating group) is 1. The fourth-order valence-electron chi connectivity index (χ4n) is 4.14. The van der Waals surface area contributed by atoms with Gasteiger partial charge in [0.2, 0.25) is 11.7 Å². The number of pyridine rings is 1. The van der Waals surface area contributed by atoms with Gasteiger partial charge in [0.15, 0.2) is 0 Å². The van der Waals surface area contributed by atoms with Gasteiger partial charge in [-0.3, -0.25) is 19.7 Å². The molecule has 0 spiro atoms. The highest BCUT2D eigenvalue weighted by molar-refractivity contribution is 6.02. The molecular weight excluding hydrogens is 452 g/mol. The van der Waals surface area contributed by atoms with Crippen molar-refractivity contribution in [3.05, 3.63) is 107 Å². The molecular formula is C28H24N6O2. The minimum Gasteiger partial charge on any atom is -0.337 e. The van der Waals surface area contributed by atoms with Crippen molar-refractivity contribution < 1.29 is 9.59 Å². The topological polar surface area (TPSA) is 104 Å². The number of fused-ring (bicyclic) bond motifs is 1. The van der Waals surface area contributed by atoms with Gasteiger partial charge < -0.3 is 10.2 Å². The van der Waals surface area contributed by atoms with Gasteiger partial charge in [0.25, 0.3) is 5.91 Å². The number of hydrogen-bond acceptors (Lipinski definition) is 5. The first-order valence-corrected chi connectivity index (χ1v) is 11.7. The maximum Gasteiger partial charge on any atom is 0.291 e. The van der Waals surface area contributed by atoms with Crippen molar-refractivity contribution in [2.45, 2.75) is 25.3 Å². The number of hydrogen-bond donors (Lipinski definition) is 2. The van der Waals surface area contributed by atoms with Crippen LogP contribution in [0.15, 0.2) is 73.1 Å². The number of amides is 2. The van der Waals surface area contributed by atoms with E-state index in [9.17, 15) is 9.59 Å². The largest absolute Gasteiger partial charge is 0.337 e. The standard InChI is InChI=1S/C28H24N6O2/c1-34-24-17-21(8-7-19-13-15-29-16-14-19)9-10-22(24)11-12-23(28(34)36)30-27(35)26-31-25(32-33-26)18-20-5-3-2-4-6-20/h2-6,9-10,13-17,23H,11-12,18H2,1H3,(H,30,35)(H,31,32,33)/t23-/m0/s1. The van der Waals surface area contributed by atoms with Crippen molar-refractivity contribution in [1.29, 1.82) is 0 Å². The summed E-state index contributed by atoms with van der Waals surface area (Å²) in [5.41, 5.74) is 4.55. The smallest absolute Gasteiger partial charge is 0.291 e. The van der Waals surface area contributed by atoms with E-state index in [1.165, 1.54) is 0 Å². The molecule has 4 aromatic rings. The Kier molecular flexibility index (Phi) is 6.54. The van der Waals surface area contributed by atoms with Crippen molar-refractivity contribution in [2.24, 2.45) is 0 Å². The van der Waals surface area contributed by atoms with Crippen LogP contribution in [-0.4, -0.2) is 45.1 Å². The lowest BCUT2D eigenvalue weighted by atomic mass is 10.0. The lowest BCUT2D eigenvalue weighted by Gasteiger charge is -2.22. The average molecular weight is 477 g/mol. The number of carbonyl (C=O) groups is 2. The molecule has 0 radical (unpaired) electrons. The number of aromatic amines is 1. The molecule has 0 unspecified atom stereocenters. The van der Waals surface area contributed by atoms with Gasteiger partial charge in [0.1, 0.15) is 11.9 Å². The fourth-order valence-corrected chi connectivity index (χ4v) is 4.14. The van der Waals surface area contributed by atoms with Gasteiger partial charge in [-0.1, -0.05) is 48.2 Å². The molecule has 178 valence electrons. The van der Waals surface area contributed by atoms with Crippen LogP contribution in [-0.2, 0) is 17.6 Å². The first kappa shape index (κ1) is 23.0. The van der Waals surface area contributed by atoms with Crippen LogP contribution in [0.3, 0.4) is 0 Å². The van der Waals surface area contributed by atoms with Crippen LogP contribution in [0.4, 0.5) is 5.69 Å². The maximum absolute atomic E-state index is 13.2. The molecule has 0 saturated heterocycles. The van der Waals surface area contributed by atoms with E-state index in [0.717, 1.165) is 27.9 Å². The summed E-state index contributed by atoms with van der Waals surface area (Å²) in [5, 5.41) is 9.68. The highest BCUT2D eigenvalue weighted by Gasteiger charge is 2.30. The van der Waals surface area contributed by atoms with E-state index < -0.39 is 11.9 Å². The first-order valence-electron chi connectivity index (χ1n) is 11.7. The summed E-state index contributed by atoms with van der Waals surface area (Å²) in [6.45, 7) is 0. The van der Waals surface area contributed by atoms with Crippen LogP contribution in [0.1, 0.15) is 45.1 Å². The molecule has 36 heavy (non-hydrogen) atoms. The second kappa shape index (κ2) is 10.2. The summed E-state index contributed by atoms with van der Waals surface area (Å²) in [6, 6.07) is 18.7. The van der Waals surface area contributed by atoms with Crippen LogP contribution < -0.4 is 10.2 Å². The average Bonchev–Trinajstić information content (AvgIpc) is 3.35. The van der Waals surface area contributed by atoms with Crippen LogP contribution >= 0.6 is 0 Å². The van der Waals surface area contributed by atoms with Crippen molar-refractivity contribution >= 4 is 17.5 Å². The summed E-state index contributed by atoms with van der Waals surface area (Å²) >= 11 is 0. The monoisotopic (exact) mass is 476 g/mol. The number of rotatable bonds is 4. The number of carbonyl (C=O) groups excluding carboxylic acids is 2.